The number of aliphatic hydroxyl groups is 1. The number of hydrogen-bond donors (Lipinski definition) is 3. The molecule has 2 aromatic carbocycles. The molecule has 0 spiro atoms. The van der Waals surface area contributed by atoms with Crippen molar-refractivity contribution < 1.29 is 18.7 Å². The van der Waals surface area contributed by atoms with Crippen molar-refractivity contribution in [3.05, 3.63) is 59.7 Å². The maximum absolute atomic E-state index is 13.4. The fraction of sp³-hybridized carbons (Fsp3) is 0.455. The summed E-state index contributed by atoms with van der Waals surface area (Å²) in [5.41, 5.74) is 3.19. The molecule has 0 amide bonds. The van der Waals surface area contributed by atoms with Crippen molar-refractivity contribution in [3.63, 3.8) is 0 Å². The zero-order valence-corrected chi connectivity index (χ0v) is 17.2. The summed E-state index contributed by atoms with van der Waals surface area (Å²) in [7, 11) is -3.60. The summed E-state index contributed by atoms with van der Waals surface area (Å²) in [6.45, 7) is 4.04. The number of aliphatic hydroxyl groups excluding tert-OH is 1. The Balaban J connectivity index is 2.29. The second kappa shape index (κ2) is 8.23. The lowest BCUT2D eigenvalue weighted by Crippen LogP contribution is -2.42. The topological polar surface area (TPSA) is 86.6 Å². The van der Waals surface area contributed by atoms with Crippen molar-refractivity contribution in [1.29, 1.82) is 0 Å². The van der Waals surface area contributed by atoms with E-state index in [0.717, 1.165) is 18.4 Å². The van der Waals surface area contributed by atoms with Crippen molar-refractivity contribution >= 4 is 15.5 Å². The molecule has 0 aromatic heterocycles. The number of fused-ring (bicyclic) bond motifs is 1. The molecule has 1 aliphatic heterocycles. The van der Waals surface area contributed by atoms with Crippen LogP contribution in [0.1, 0.15) is 56.6 Å². The third-order valence-corrected chi connectivity index (χ3v) is 8.12. The highest BCUT2D eigenvalue weighted by Crippen LogP contribution is 2.49. The number of hydrogen-bond acceptors (Lipinski definition) is 5. The van der Waals surface area contributed by atoms with Gasteiger partial charge in [-0.25, -0.2) is 8.42 Å². The summed E-state index contributed by atoms with van der Waals surface area (Å²) in [6, 6.07) is 14.3. The Morgan fingerprint density at radius 1 is 1.14 bits per heavy atom. The third kappa shape index (κ3) is 3.69. The van der Waals surface area contributed by atoms with E-state index < -0.39 is 27.3 Å². The number of rotatable bonds is 6. The summed E-state index contributed by atoms with van der Waals surface area (Å²) in [5.74, 6) is -0.557. The smallest absolute Gasteiger partial charge is 0.179 e. The van der Waals surface area contributed by atoms with Crippen LogP contribution < -0.4 is 5.48 Å². The zero-order valence-electron chi connectivity index (χ0n) is 16.4. The Morgan fingerprint density at radius 2 is 1.86 bits per heavy atom. The number of benzene rings is 2. The van der Waals surface area contributed by atoms with Crippen LogP contribution in [-0.4, -0.2) is 30.6 Å². The van der Waals surface area contributed by atoms with Crippen LogP contribution in [0.15, 0.2) is 53.4 Å². The van der Waals surface area contributed by atoms with Gasteiger partial charge in [0.1, 0.15) is 0 Å². The third-order valence-electron chi connectivity index (χ3n) is 6.12. The van der Waals surface area contributed by atoms with Crippen LogP contribution >= 0.6 is 0 Å². The molecule has 152 valence electrons. The highest BCUT2D eigenvalue weighted by Gasteiger charge is 2.48. The molecule has 28 heavy (non-hydrogen) atoms. The molecule has 0 unspecified atom stereocenters. The normalized spacial score (nSPS) is 26.3. The first-order chi connectivity index (χ1) is 13.4. The number of unbranched alkanes of at least 4 members (excludes halogenated alkanes) is 1. The maximum atomic E-state index is 13.4. The molecule has 0 fully saturated rings. The fourth-order valence-electron chi connectivity index (χ4n) is 4.47. The van der Waals surface area contributed by atoms with E-state index in [2.05, 4.69) is 12.4 Å². The van der Waals surface area contributed by atoms with E-state index in [4.69, 9.17) is 0 Å². The first-order valence-electron chi connectivity index (χ1n) is 9.88. The quantitative estimate of drug-likeness (QED) is 0.624. The van der Waals surface area contributed by atoms with Gasteiger partial charge in [-0.15, -0.1) is 0 Å². The Labute approximate surface area is 167 Å². The molecule has 0 saturated heterocycles. The van der Waals surface area contributed by atoms with Crippen molar-refractivity contribution in [2.24, 2.45) is 5.41 Å². The van der Waals surface area contributed by atoms with E-state index in [1.54, 1.807) is 12.1 Å². The van der Waals surface area contributed by atoms with Crippen LogP contribution in [-0.2, 0) is 9.84 Å². The molecule has 2 aromatic rings. The molecule has 0 bridgehead atoms. The molecular weight excluding hydrogens is 374 g/mol. The van der Waals surface area contributed by atoms with Gasteiger partial charge in [0.2, 0.25) is 0 Å². The van der Waals surface area contributed by atoms with Crippen molar-refractivity contribution in [2.45, 2.75) is 56.4 Å². The molecular formula is C22H29NO4S. The maximum Gasteiger partial charge on any atom is 0.179 e. The standard InChI is InChI=1S/C22H29NO4S/c1-3-5-13-22(4-2)15-28(26,27)19-12-11-17(23-25)14-18(19)20(21(22)24)16-9-7-6-8-10-16/h6-12,14,20-21,23-25H,3-5,13,15H2,1-2H3/t20-,21-,22+/m1/s1. The highest BCUT2D eigenvalue weighted by molar-refractivity contribution is 7.91. The van der Waals surface area contributed by atoms with Crippen LogP contribution in [0.25, 0.3) is 0 Å². The lowest BCUT2D eigenvalue weighted by atomic mass is 9.69. The lowest BCUT2D eigenvalue weighted by molar-refractivity contribution is 0.0174. The molecule has 3 N–H and O–H groups in total. The van der Waals surface area contributed by atoms with Gasteiger partial charge in [0.15, 0.2) is 9.84 Å². The summed E-state index contributed by atoms with van der Waals surface area (Å²) in [6.07, 6.45) is 2.19. The van der Waals surface area contributed by atoms with Gasteiger partial charge in [-0.1, -0.05) is 57.0 Å². The Kier molecular flexibility index (Phi) is 6.12. The lowest BCUT2D eigenvalue weighted by Gasteiger charge is -2.39. The van der Waals surface area contributed by atoms with E-state index >= 15 is 0 Å². The van der Waals surface area contributed by atoms with Crippen molar-refractivity contribution in [2.75, 3.05) is 11.2 Å². The van der Waals surface area contributed by atoms with E-state index in [1.165, 1.54) is 6.07 Å². The van der Waals surface area contributed by atoms with Gasteiger partial charge in [-0.3, -0.25) is 10.7 Å². The van der Waals surface area contributed by atoms with Crippen LogP contribution in [0.4, 0.5) is 5.69 Å². The van der Waals surface area contributed by atoms with Crippen LogP contribution in [0.3, 0.4) is 0 Å². The average molecular weight is 404 g/mol. The minimum absolute atomic E-state index is 0.0695. The largest absolute Gasteiger partial charge is 0.392 e. The molecule has 0 radical (unpaired) electrons. The number of sulfone groups is 1. The Morgan fingerprint density at radius 3 is 2.46 bits per heavy atom. The SMILES string of the molecule is CCCC[C@@]1(CC)CS(=O)(=O)c2ccc(NO)cc2[C@@H](c2ccccc2)[C@H]1O. The second-order valence-corrected chi connectivity index (χ2v) is 9.73. The summed E-state index contributed by atoms with van der Waals surface area (Å²) >= 11 is 0. The molecule has 1 heterocycles. The fourth-order valence-corrected chi connectivity index (χ4v) is 6.72. The zero-order chi connectivity index (χ0) is 20.4. The van der Waals surface area contributed by atoms with E-state index in [1.807, 2.05) is 37.3 Å². The van der Waals surface area contributed by atoms with Crippen molar-refractivity contribution in [3.8, 4) is 0 Å². The van der Waals surface area contributed by atoms with Crippen LogP contribution in [0.5, 0.6) is 0 Å². The predicted molar refractivity (Wildman–Crippen MR) is 110 cm³/mol. The Hall–Kier alpha value is -1.89. The van der Waals surface area contributed by atoms with Gasteiger partial charge in [0, 0.05) is 11.3 Å². The highest BCUT2D eigenvalue weighted by atomic mass is 32.2. The average Bonchev–Trinajstić information content (AvgIpc) is 2.78. The van der Waals surface area contributed by atoms with Crippen molar-refractivity contribution in [1.82, 2.24) is 0 Å². The molecule has 0 saturated carbocycles. The van der Waals surface area contributed by atoms with Gasteiger partial charge in [0.25, 0.3) is 0 Å². The van der Waals surface area contributed by atoms with E-state index in [0.29, 0.717) is 24.1 Å². The summed E-state index contributed by atoms with van der Waals surface area (Å²) < 4.78 is 26.7. The number of anilines is 1. The van der Waals surface area contributed by atoms with Gasteiger partial charge in [-0.2, -0.15) is 0 Å². The van der Waals surface area contributed by atoms with Gasteiger partial charge in [0.05, 0.1) is 22.4 Å². The van der Waals surface area contributed by atoms with Gasteiger partial charge in [-0.05, 0) is 42.2 Å². The summed E-state index contributed by atoms with van der Waals surface area (Å²) in [5, 5.41) is 21.0. The summed E-state index contributed by atoms with van der Waals surface area (Å²) in [4.78, 5) is 0.242. The second-order valence-electron chi connectivity index (χ2n) is 7.78. The van der Waals surface area contributed by atoms with Crippen LogP contribution in [0, 0.1) is 5.41 Å². The van der Waals surface area contributed by atoms with E-state index in [9.17, 15) is 18.7 Å². The molecule has 6 heteroatoms. The molecule has 0 aliphatic carbocycles. The predicted octanol–water partition coefficient (Wildman–Crippen LogP) is 4.35. The van der Waals surface area contributed by atoms with Crippen LogP contribution in [0.2, 0.25) is 0 Å². The minimum atomic E-state index is -3.60. The minimum Gasteiger partial charge on any atom is -0.392 e. The molecule has 5 nitrogen and oxygen atoms in total. The molecule has 1 aliphatic rings. The number of nitrogens with one attached hydrogen (secondary N) is 1. The van der Waals surface area contributed by atoms with E-state index in [-0.39, 0.29) is 10.6 Å². The Bertz CT molecular complexity index is 913. The first-order valence-corrected chi connectivity index (χ1v) is 11.5. The first kappa shape index (κ1) is 20.8. The van der Waals surface area contributed by atoms with Gasteiger partial charge < -0.3 is 5.11 Å². The molecule has 3 rings (SSSR count). The molecule has 3 atom stereocenters. The van der Waals surface area contributed by atoms with Gasteiger partial charge >= 0.3 is 0 Å². The monoisotopic (exact) mass is 403 g/mol.